The number of amides is 1. The van der Waals surface area contributed by atoms with E-state index in [0.717, 1.165) is 10.4 Å². The van der Waals surface area contributed by atoms with Gasteiger partial charge in [0.05, 0.1) is 18.0 Å². The number of benzene rings is 1. The summed E-state index contributed by atoms with van der Waals surface area (Å²) in [6, 6.07) is 2.88. The first-order chi connectivity index (χ1) is 10.3. The van der Waals surface area contributed by atoms with Crippen molar-refractivity contribution in [2.45, 2.75) is 12.5 Å². The van der Waals surface area contributed by atoms with Crippen molar-refractivity contribution in [2.24, 2.45) is 5.73 Å². The summed E-state index contributed by atoms with van der Waals surface area (Å²) >= 11 is 0. The lowest BCUT2D eigenvalue weighted by Gasteiger charge is -2.19. The fourth-order valence-corrected chi connectivity index (χ4v) is 3.74. The van der Waals surface area contributed by atoms with Crippen molar-refractivity contribution < 1.29 is 22.3 Å². The zero-order valence-electron chi connectivity index (χ0n) is 12.5. The molecule has 7 nitrogen and oxygen atoms in total. The lowest BCUT2D eigenvalue weighted by molar-refractivity contribution is -0.118. The second kappa shape index (κ2) is 7.91. The molecule has 130 valence electrons. The number of hydrogen-bond acceptors (Lipinski definition) is 5. The van der Waals surface area contributed by atoms with Gasteiger partial charge in [-0.25, -0.2) is 12.8 Å². The number of ether oxygens (including phenoxy) is 1. The maximum Gasteiger partial charge on any atom is 0.243 e. The Hall–Kier alpha value is -1.42. The standard InChI is InChI=1S/C13H18FN3O4S.ClH/c1-21-8-11(15)13(18)16-9-3-4-10(14)12(7-9)17-5-2-6-22(17,19)20;/h3-4,7,11H,2,5-6,8,15H2,1H3,(H,16,18);1H. The molecule has 10 heteroatoms. The summed E-state index contributed by atoms with van der Waals surface area (Å²) in [5.41, 5.74) is 5.79. The highest BCUT2D eigenvalue weighted by Crippen LogP contribution is 2.29. The normalized spacial score (nSPS) is 17.4. The number of hydrogen-bond donors (Lipinski definition) is 2. The van der Waals surface area contributed by atoms with Crippen molar-refractivity contribution in [1.82, 2.24) is 0 Å². The van der Waals surface area contributed by atoms with Gasteiger partial charge in [-0.3, -0.25) is 9.10 Å². The summed E-state index contributed by atoms with van der Waals surface area (Å²) in [6.45, 7) is 0.264. The molecule has 1 amide bonds. The molecule has 1 atom stereocenters. The van der Waals surface area contributed by atoms with Crippen LogP contribution in [0, 0.1) is 5.82 Å². The smallest absolute Gasteiger partial charge is 0.243 e. The van der Waals surface area contributed by atoms with Gasteiger partial charge in [-0.15, -0.1) is 12.4 Å². The van der Waals surface area contributed by atoms with Crippen LogP contribution in [0.3, 0.4) is 0 Å². The van der Waals surface area contributed by atoms with Gasteiger partial charge in [0.1, 0.15) is 11.9 Å². The molecule has 23 heavy (non-hydrogen) atoms. The van der Waals surface area contributed by atoms with Crippen LogP contribution in [0.25, 0.3) is 0 Å². The average molecular weight is 368 g/mol. The number of methoxy groups -OCH3 is 1. The third-order valence-corrected chi connectivity index (χ3v) is 5.12. The van der Waals surface area contributed by atoms with Crippen molar-refractivity contribution in [1.29, 1.82) is 0 Å². The van der Waals surface area contributed by atoms with Gasteiger partial charge in [0.25, 0.3) is 0 Å². The van der Waals surface area contributed by atoms with Crippen molar-refractivity contribution in [3.8, 4) is 0 Å². The van der Waals surface area contributed by atoms with Crippen molar-refractivity contribution >= 4 is 39.7 Å². The second-order valence-corrected chi connectivity index (χ2v) is 6.97. The number of nitrogens with two attached hydrogens (primary N) is 1. The van der Waals surface area contributed by atoms with E-state index in [1.807, 2.05) is 0 Å². The van der Waals surface area contributed by atoms with Crippen molar-refractivity contribution in [3.63, 3.8) is 0 Å². The maximum absolute atomic E-state index is 13.9. The fraction of sp³-hybridized carbons (Fsp3) is 0.462. The Morgan fingerprint density at radius 1 is 1.52 bits per heavy atom. The first kappa shape index (κ1) is 19.6. The lowest BCUT2D eigenvalue weighted by Crippen LogP contribution is -2.39. The predicted molar refractivity (Wildman–Crippen MR) is 87.9 cm³/mol. The van der Waals surface area contributed by atoms with Gasteiger partial charge in [-0.1, -0.05) is 0 Å². The van der Waals surface area contributed by atoms with Crippen LogP contribution in [0.15, 0.2) is 18.2 Å². The van der Waals surface area contributed by atoms with Crippen LogP contribution < -0.4 is 15.4 Å². The topological polar surface area (TPSA) is 102 Å². The summed E-state index contributed by atoms with van der Waals surface area (Å²) in [7, 11) is -2.08. The van der Waals surface area contributed by atoms with Crippen LogP contribution in [0.5, 0.6) is 0 Å². The Bertz CT molecular complexity index is 671. The monoisotopic (exact) mass is 367 g/mol. The van der Waals surface area contributed by atoms with Gasteiger partial charge in [-0.2, -0.15) is 0 Å². The van der Waals surface area contributed by atoms with Crippen LogP contribution in [-0.2, 0) is 19.6 Å². The molecule has 1 aromatic rings. The third kappa shape index (κ3) is 4.54. The number of anilines is 2. The van der Waals surface area contributed by atoms with Gasteiger partial charge in [0.2, 0.25) is 15.9 Å². The van der Waals surface area contributed by atoms with E-state index in [4.69, 9.17) is 10.5 Å². The van der Waals surface area contributed by atoms with Crippen molar-refractivity contribution in [2.75, 3.05) is 35.6 Å². The highest BCUT2D eigenvalue weighted by atomic mass is 35.5. The molecule has 3 N–H and O–H groups in total. The van der Waals surface area contributed by atoms with Crippen LogP contribution in [0.2, 0.25) is 0 Å². The molecule has 1 fully saturated rings. The van der Waals surface area contributed by atoms with Crippen LogP contribution in [-0.4, -0.2) is 46.4 Å². The van der Waals surface area contributed by atoms with E-state index in [0.29, 0.717) is 6.42 Å². The molecule has 0 aliphatic carbocycles. The number of halogens is 2. The molecule has 1 aliphatic heterocycles. The molecular weight excluding hydrogens is 349 g/mol. The molecule has 0 saturated carbocycles. The Morgan fingerprint density at radius 3 is 2.78 bits per heavy atom. The Balaban J connectivity index is 0.00000264. The zero-order valence-corrected chi connectivity index (χ0v) is 14.1. The molecule has 0 aromatic heterocycles. The van der Waals surface area contributed by atoms with Crippen LogP contribution >= 0.6 is 12.4 Å². The van der Waals surface area contributed by atoms with E-state index < -0.39 is 27.8 Å². The molecular formula is C13H19ClFN3O4S. The molecule has 0 bridgehead atoms. The molecule has 1 aromatic carbocycles. The third-order valence-electron chi connectivity index (χ3n) is 3.26. The van der Waals surface area contributed by atoms with Crippen molar-refractivity contribution in [3.05, 3.63) is 24.0 Å². The lowest BCUT2D eigenvalue weighted by atomic mass is 10.2. The number of carbonyl (C=O) groups excluding carboxylic acids is 1. The highest BCUT2D eigenvalue weighted by Gasteiger charge is 2.30. The van der Waals surface area contributed by atoms with E-state index in [-0.39, 0.29) is 42.7 Å². The summed E-state index contributed by atoms with van der Waals surface area (Å²) in [6.07, 6.45) is 0.442. The average Bonchev–Trinajstić information content (AvgIpc) is 2.80. The van der Waals surface area contributed by atoms with Gasteiger partial charge in [0, 0.05) is 19.3 Å². The van der Waals surface area contributed by atoms with Gasteiger partial charge in [0.15, 0.2) is 0 Å². The zero-order chi connectivity index (χ0) is 16.3. The first-order valence-corrected chi connectivity index (χ1v) is 8.31. The predicted octanol–water partition coefficient (Wildman–Crippen LogP) is 0.700. The number of sulfonamides is 1. The van der Waals surface area contributed by atoms with Gasteiger partial charge >= 0.3 is 0 Å². The highest BCUT2D eigenvalue weighted by molar-refractivity contribution is 7.93. The van der Waals surface area contributed by atoms with E-state index >= 15 is 0 Å². The maximum atomic E-state index is 13.9. The molecule has 2 rings (SSSR count). The fourth-order valence-electron chi connectivity index (χ4n) is 2.18. The molecule has 1 unspecified atom stereocenters. The Morgan fingerprint density at radius 2 is 2.22 bits per heavy atom. The Labute approximate surface area is 140 Å². The van der Waals surface area contributed by atoms with Gasteiger partial charge < -0.3 is 15.8 Å². The van der Waals surface area contributed by atoms with Gasteiger partial charge in [-0.05, 0) is 24.6 Å². The molecule has 0 spiro atoms. The van der Waals surface area contributed by atoms with E-state index in [1.165, 1.54) is 19.2 Å². The molecule has 1 saturated heterocycles. The largest absolute Gasteiger partial charge is 0.383 e. The molecule has 0 radical (unpaired) electrons. The quantitative estimate of drug-likeness (QED) is 0.797. The minimum absolute atomic E-state index is 0. The first-order valence-electron chi connectivity index (χ1n) is 6.70. The summed E-state index contributed by atoms with van der Waals surface area (Å²) in [4.78, 5) is 11.8. The minimum Gasteiger partial charge on any atom is -0.383 e. The summed E-state index contributed by atoms with van der Waals surface area (Å²) in [5.74, 6) is -1.17. The molecule has 1 aliphatic rings. The SMILES string of the molecule is COCC(N)C(=O)Nc1ccc(F)c(N2CCCS2(=O)=O)c1.Cl. The van der Waals surface area contributed by atoms with Crippen LogP contribution in [0.4, 0.5) is 15.8 Å². The minimum atomic E-state index is -3.50. The Kier molecular flexibility index (Phi) is 6.75. The van der Waals surface area contributed by atoms with E-state index in [2.05, 4.69) is 5.32 Å². The second-order valence-electron chi connectivity index (χ2n) is 4.96. The summed E-state index contributed by atoms with van der Waals surface area (Å²) in [5, 5.41) is 2.51. The number of nitrogens with zero attached hydrogens (tertiary/aromatic N) is 1. The number of nitrogens with one attached hydrogen (secondary N) is 1. The van der Waals surface area contributed by atoms with E-state index in [9.17, 15) is 17.6 Å². The number of rotatable bonds is 5. The summed E-state index contributed by atoms with van der Waals surface area (Å²) < 4.78 is 43.5. The molecule has 1 heterocycles. The van der Waals surface area contributed by atoms with E-state index in [1.54, 1.807) is 0 Å². The van der Waals surface area contributed by atoms with Crippen LogP contribution in [0.1, 0.15) is 6.42 Å². The number of carbonyl (C=O) groups is 1.